The third kappa shape index (κ3) is 2.98. The first kappa shape index (κ1) is 15.0. The summed E-state index contributed by atoms with van der Waals surface area (Å²) in [6.45, 7) is 5.25. The molecule has 0 spiro atoms. The van der Waals surface area contributed by atoms with Crippen LogP contribution in [0, 0.1) is 20.8 Å². The van der Waals surface area contributed by atoms with Gasteiger partial charge < -0.3 is 9.26 Å². The van der Waals surface area contributed by atoms with Crippen LogP contribution >= 0.6 is 0 Å². The molecule has 3 aromatic rings. The molecule has 0 saturated carbocycles. The molecule has 118 valence electrons. The van der Waals surface area contributed by atoms with E-state index in [1.54, 1.807) is 18.5 Å². The van der Waals surface area contributed by atoms with Gasteiger partial charge in [-0.1, -0.05) is 23.4 Å². The van der Waals surface area contributed by atoms with Gasteiger partial charge in [0.05, 0.1) is 17.1 Å². The summed E-state index contributed by atoms with van der Waals surface area (Å²) >= 11 is 0. The monoisotopic (exact) mass is 312 g/mol. The second-order valence-corrected chi connectivity index (χ2v) is 5.10. The Labute approximate surface area is 132 Å². The third-order valence-corrected chi connectivity index (χ3v) is 3.39. The minimum Gasteiger partial charge on any atom is -0.452 e. The van der Waals surface area contributed by atoms with Crippen LogP contribution in [0.3, 0.4) is 0 Å². The summed E-state index contributed by atoms with van der Waals surface area (Å²) < 4.78 is 11.9. The van der Waals surface area contributed by atoms with E-state index in [1.807, 2.05) is 37.3 Å². The molecule has 7 heteroatoms. The van der Waals surface area contributed by atoms with Gasteiger partial charge in [0.1, 0.15) is 5.56 Å². The fourth-order valence-electron chi connectivity index (χ4n) is 2.36. The quantitative estimate of drug-likeness (QED) is 0.688. The number of aromatic nitrogens is 4. The minimum absolute atomic E-state index is 0.0604. The average Bonchev–Trinajstić information content (AvgIpc) is 3.09. The molecule has 7 nitrogen and oxygen atoms in total. The van der Waals surface area contributed by atoms with E-state index in [-0.39, 0.29) is 12.5 Å². The number of rotatable bonds is 4. The summed E-state index contributed by atoms with van der Waals surface area (Å²) in [5.41, 5.74) is 2.67. The average molecular weight is 312 g/mol. The summed E-state index contributed by atoms with van der Waals surface area (Å²) in [5.74, 6) is 0.306. The molecule has 2 aromatic heterocycles. The molecule has 0 aliphatic heterocycles. The molecule has 0 unspecified atom stereocenters. The van der Waals surface area contributed by atoms with Gasteiger partial charge in [-0.3, -0.25) is 0 Å². The van der Waals surface area contributed by atoms with Crippen LogP contribution in [0.4, 0.5) is 0 Å². The molecular weight excluding hydrogens is 296 g/mol. The van der Waals surface area contributed by atoms with Crippen LogP contribution in [0.2, 0.25) is 0 Å². The van der Waals surface area contributed by atoms with Crippen molar-refractivity contribution in [1.82, 2.24) is 19.9 Å². The number of nitrogens with zero attached hydrogens (tertiary/aromatic N) is 4. The van der Waals surface area contributed by atoms with Crippen molar-refractivity contribution in [3.63, 3.8) is 0 Å². The third-order valence-electron chi connectivity index (χ3n) is 3.39. The Morgan fingerprint density at radius 2 is 1.96 bits per heavy atom. The van der Waals surface area contributed by atoms with Gasteiger partial charge >= 0.3 is 5.97 Å². The molecule has 0 fully saturated rings. The predicted octanol–water partition coefficient (Wildman–Crippen LogP) is 2.54. The molecule has 23 heavy (non-hydrogen) atoms. The van der Waals surface area contributed by atoms with E-state index in [9.17, 15) is 4.79 Å². The van der Waals surface area contributed by atoms with Crippen molar-refractivity contribution < 1.29 is 14.1 Å². The van der Waals surface area contributed by atoms with Gasteiger partial charge in [0.2, 0.25) is 0 Å². The zero-order valence-corrected chi connectivity index (χ0v) is 13.1. The van der Waals surface area contributed by atoms with Crippen molar-refractivity contribution in [3.05, 3.63) is 59.0 Å². The van der Waals surface area contributed by atoms with Crippen LogP contribution < -0.4 is 0 Å². The summed E-state index contributed by atoms with van der Waals surface area (Å²) in [6, 6.07) is 9.62. The van der Waals surface area contributed by atoms with Crippen molar-refractivity contribution in [2.75, 3.05) is 0 Å². The lowest BCUT2D eigenvalue weighted by Gasteiger charge is -2.05. The molecule has 0 amide bonds. The first-order valence-electron chi connectivity index (χ1n) is 7.14. The molecule has 0 aliphatic carbocycles. The standard InChI is InChI=1S/C16H16N4O3/c1-10-15(16(21)22-9-14-17-12(3)19-23-14)11(2)20(18-10)13-7-5-4-6-8-13/h4-8H,9H2,1-3H3. The highest BCUT2D eigenvalue weighted by molar-refractivity contribution is 5.92. The molecule has 0 saturated heterocycles. The van der Waals surface area contributed by atoms with Crippen molar-refractivity contribution in [2.24, 2.45) is 0 Å². The number of benzene rings is 1. The Morgan fingerprint density at radius 3 is 2.61 bits per heavy atom. The van der Waals surface area contributed by atoms with E-state index in [2.05, 4.69) is 15.2 Å². The number of aryl methyl sites for hydroxylation is 2. The van der Waals surface area contributed by atoms with E-state index in [0.717, 1.165) is 11.4 Å². The van der Waals surface area contributed by atoms with E-state index in [4.69, 9.17) is 9.26 Å². The van der Waals surface area contributed by atoms with Crippen LogP contribution in [0.5, 0.6) is 0 Å². The molecule has 0 bridgehead atoms. The molecule has 0 atom stereocenters. The number of hydrogen-bond donors (Lipinski definition) is 0. The first-order valence-corrected chi connectivity index (χ1v) is 7.14. The highest BCUT2D eigenvalue weighted by Crippen LogP contribution is 2.19. The fourth-order valence-corrected chi connectivity index (χ4v) is 2.36. The topological polar surface area (TPSA) is 83.0 Å². The maximum absolute atomic E-state index is 12.3. The zero-order valence-electron chi connectivity index (χ0n) is 13.1. The minimum atomic E-state index is -0.460. The summed E-state index contributed by atoms with van der Waals surface area (Å²) in [6.07, 6.45) is 0. The highest BCUT2D eigenvalue weighted by Gasteiger charge is 2.21. The maximum atomic E-state index is 12.3. The van der Waals surface area contributed by atoms with Crippen molar-refractivity contribution in [1.29, 1.82) is 0 Å². The number of para-hydroxylation sites is 1. The molecular formula is C16H16N4O3. The maximum Gasteiger partial charge on any atom is 0.342 e. The zero-order chi connectivity index (χ0) is 16.4. The first-order chi connectivity index (χ1) is 11.1. The van der Waals surface area contributed by atoms with Crippen molar-refractivity contribution in [2.45, 2.75) is 27.4 Å². The van der Waals surface area contributed by atoms with Crippen LogP contribution in [-0.2, 0) is 11.3 Å². The van der Waals surface area contributed by atoms with E-state index < -0.39 is 5.97 Å². The van der Waals surface area contributed by atoms with Crippen LogP contribution in [0.15, 0.2) is 34.9 Å². The number of hydrogen-bond acceptors (Lipinski definition) is 6. The lowest BCUT2D eigenvalue weighted by atomic mass is 10.2. The summed E-state index contributed by atoms with van der Waals surface area (Å²) in [7, 11) is 0. The smallest absolute Gasteiger partial charge is 0.342 e. The molecule has 0 radical (unpaired) electrons. The largest absolute Gasteiger partial charge is 0.452 e. The van der Waals surface area contributed by atoms with Crippen molar-refractivity contribution in [3.8, 4) is 5.69 Å². The summed E-state index contributed by atoms with van der Waals surface area (Å²) in [4.78, 5) is 16.3. The fraction of sp³-hybridized carbons (Fsp3) is 0.250. The molecule has 2 heterocycles. The second-order valence-electron chi connectivity index (χ2n) is 5.10. The Hall–Kier alpha value is -2.96. The Kier molecular flexibility index (Phi) is 3.92. The number of carbonyl (C=O) groups is 1. The molecule has 3 rings (SSSR count). The molecule has 0 aliphatic rings. The van der Waals surface area contributed by atoms with Gasteiger partial charge in [0.15, 0.2) is 12.4 Å². The van der Waals surface area contributed by atoms with Crippen LogP contribution in [0.25, 0.3) is 5.69 Å². The van der Waals surface area contributed by atoms with Gasteiger partial charge in [0, 0.05) is 0 Å². The number of esters is 1. The lowest BCUT2D eigenvalue weighted by Crippen LogP contribution is -2.08. The Bertz CT molecular complexity index is 836. The Balaban J connectivity index is 1.82. The normalized spacial score (nSPS) is 10.7. The highest BCUT2D eigenvalue weighted by atomic mass is 16.6. The van der Waals surface area contributed by atoms with E-state index >= 15 is 0 Å². The number of carbonyl (C=O) groups excluding carboxylic acids is 1. The van der Waals surface area contributed by atoms with Gasteiger partial charge in [-0.05, 0) is 32.9 Å². The lowest BCUT2D eigenvalue weighted by molar-refractivity contribution is 0.0428. The van der Waals surface area contributed by atoms with Crippen molar-refractivity contribution >= 4 is 5.97 Å². The van der Waals surface area contributed by atoms with Crippen LogP contribution in [0.1, 0.15) is 33.5 Å². The summed E-state index contributed by atoms with van der Waals surface area (Å²) in [5, 5.41) is 8.08. The molecule has 1 aromatic carbocycles. The van der Waals surface area contributed by atoms with Crippen LogP contribution in [-0.4, -0.2) is 25.9 Å². The second kappa shape index (κ2) is 6.04. The molecule has 0 N–H and O–H groups in total. The Morgan fingerprint density at radius 1 is 1.22 bits per heavy atom. The van der Waals surface area contributed by atoms with Gasteiger partial charge in [0.25, 0.3) is 5.89 Å². The van der Waals surface area contributed by atoms with E-state index in [1.165, 1.54) is 0 Å². The van der Waals surface area contributed by atoms with Gasteiger partial charge in [-0.15, -0.1) is 0 Å². The number of ether oxygens (including phenoxy) is 1. The SMILES string of the molecule is Cc1noc(COC(=O)c2c(C)nn(-c3ccccc3)c2C)n1. The predicted molar refractivity (Wildman–Crippen MR) is 81.2 cm³/mol. The van der Waals surface area contributed by atoms with Gasteiger partial charge in [-0.25, -0.2) is 9.48 Å². The van der Waals surface area contributed by atoms with E-state index in [0.29, 0.717) is 17.1 Å². The van der Waals surface area contributed by atoms with Gasteiger partial charge in [-0.2, -0.15) is 10.1 Å².